The molecule has 2 rings (SSSR count). The molecule has 0 radical (unpaired) electrons. The molecule has 0 spiro atoms. The number of ketones is 1. The molecule has 1 atom stereocenters. The van der Waals surface area contributed by atoms with E-state index in [2.05, 4.69) is 5.32 Å². The summed E-state index contributed by atoms with van der Waals surface area (Å²) in [5.74, 6) is 0.394. The Balaban J connectivity index is 1.97. The van der Waals surface area contributed by atoms with Gasteiger partial charge in [-0.1, -0.05) is 42.5 Å². The van der Waals surface area contributed by atoms with Crippen LogP contribution < -0.4 is 10.1 Å². The lowest BCUT2D eigenvalue weighted by molar-refractivity contribution is 0.0497. The van der Waals surface area contributed by atoms with Gasteiger partial charge in [0.05, 0.1) is 6.04 Å². The number of Topliss-reactive ketones (excluding diaryl/α,β-unsaturated/α-hetero) is 1. The zero-order valence-corrected chi connectivity index (χ0v) is 15.6. The molecule has 0 saturated carbocycles. The fraction of sp³-hybridized carbons (Fsp3) is 0.333. The first-order chi connectivity index (χ1) is 12.2. The summed E-state index contributed by atoms with van der Waals surface area (Å²) in [4.78, 5) is 24.4. The lowest BCUT2D eigenvalue weighted by Crippen LogP contribution is -2.41. The average molecular weight is 355 g/mol. The van der Waals surface area contributed by atoms with Gasteiger partial charge in [-0.25, -0.2) is 4.79 Å². The van der Waals surface area contributed by atoms with Gasteiger partial charge in [0.25, 0.3) is 0 Å². The van der Waals surface area contributed by atoms with Crippen molar-refractivity contribution in [2.75, 3.05) is 0 Å². The van der Waals surface area contributed by atoms with Gasteiger partial charge in [0.2, 0.25) is 0 Å². The number of hydrogen-bond donors (Lipinski definition) is 1. The highest BCUT2D eigenvalue weighted by atomic mass is 16.6. The number of hydrogen-bond acceptors (Lipinski definition) is 4. The van der Waals surface area contributed by atoms with Crippen LogP contribution in [0.1, 0.15) is 43.6 Å². The van der Waals surface area contributed by atoms with Gasteiger partial charge in [0, 0.05) is 5.56 Å². The maximum Gasteiger partial charge on any atom is 0.408 e. The van der Waals surface area contributed by atoms with Crippen molar-refractivity contribution in [2.24, 2.45) is 0 Å². The lowest BCUT2D eigenvalue weighted by Gasteiger charge is -2.21. The number of amides is 1. The topological polar surface area (TPSA) is 64.6 Å². The molecule has 0 aromatic heterocycles. The Labute approximate surface area is 154 Å². The Morgan fingerprint density at radius 1 is 1.04 bits per heavy atom. The van der Waals surface area contributed by atoms with Crippen molar-refractivity contribution in [3.05, 3.63) is 65.7 Å². The van der Waals surface area contributed by atoms with E-state index < -0.39 is 17.7 Å². The lowest BCUT2D eigenvalue weighted by atomic mass is 10.1. The van der Waals surface area contributed by atoms with Gasteiger partial charge in [-0.15, -0.1) is 0 Å². The van der Waals surface area contributed by atoms with Gasteiger partial charge in [0.1, 0.15) is 18.0 Å². The van der Waals surface area contributed by atoms with Gasteiger partial charge in [0.15, 0.2) is 5.78 Å². The van der Waals surface area contributed by atoms with Crippen LogP contribution in [0.4, 0.5) is 4.79 Å². The molecule has 1 amide bonds. The second-order valence-electron chi connectivity index (χ2n) is 7.03. The fourth-order valence-electron chi connectivity index (χ4n) is 2.28. The number of rotatable bonds is 6. The Morgan fingerprint density at radius 2 is 1.73 bits per heavy atom. The molecule has 0 saturated heterocycles. The zero-order chi connectivity index (χ0) is 19.2. The summed E-state index contributed by atoms with van der Waals surface area (Å²) in [6.07, 6.45) is -0.616. The molecule has 1 N–H and O–H groups in total. The summed E-state index contributed by atoms with van der Waals surface area (Å²) in [5.41, 5.74) is 0.904. The summed E-state index contributed by atoms with van der Waals surface area (Å²) < 4.78 is 10.9. The van der Waals surface area contributed by atoms with E-state index in [1.807, 2.05) is 30.3 Å². The van der Waals surface area contributed by atoms with Crippen molar-refractivity contribution in [1.29, 1.82) is 0 Å². The van der Waals surface area contributed by atoms with E-state index in [0.717, 1.165) is 5.56 Å². The van der Waals surface area contributed by atoms with E-state index in [0.29, 0.717) is 17.9 Å². The Morgan fingerprint density at radius 3 is 2.38 bits per heavy atom. The number of ether oxygens (including phenoxy) is 2. The third-order valence-electron chi connectivity index (χ3n) is 3.49. The maximum absolute atomic E-state index is 12.5. The van der Waals surface area contributed by atoms with Gasteiger partial charge >= 0.3 is 6.09 Å². The summed E-state index contributed by atoms with van der Waals surface area (Å²) in [6.45, 7) is 7.36. The average Bonchev–Trinajstić information content (AvgIpc) is 2.58. The zero-order valence-electron chi connectivity index (χ0n) is 15.6. The summed E-state index contributed by atoms with van der Waals surface area (Å²) in [7, 11) is 0. The molecule has 138 valence electrons. The minimum absolute atomic E-state index is 0.207. The third kappa shape index (κ3) is 6.24. The molecule has 5 heteroatoms. The molecule has 0 aliphatic carbocycles. The molecule has 0 fully saturated rings. The van der Waals surface area contributed by atoms with Crippen LogP contribution in [0.25, 0.3) is 0 Å². The van der Waals surface area contributed by atoms with Gasteiger partial charge in [-0.2, -0.15) is 0 Å². The van der Waals surface area contributed by atoms with Crippen LogP contribution in [-0.4, -0.2) is 23.5 Å². The van der Waals surface area contributed by atoms with Crippen LogP contribution in [0.15, 0.2) is 54.6 Å². The summed E-state index contributed by atoms with van der Waals surface area (Å²) in [6, 6.07) is 16.0. The molecular formula is C21H25NO4. The van der Waals surface area contributed by atoms with Crippen molar-refractivity contribution >= 4 is 11.9 Å². The predicted octanol–water partition coefficient (Wildman–Crippen LogP) is 4.36. The third-order valence-corrected chi connectivity index (χ3v) is 3.49. The normalized spacial score (nSPS) is 12.2. The Hall–Kier alpha value is -2.82. The van der Waals surface area contributed by atoms with Crippen LogP contribution in [0.5, 0.6) is 5.75 Å². The smallest absolute Gasteiger partial charge is 0.408 e. The molecule has 2 aromatic carbocycles. The van der Waals surface area contributed by atoms with Crippen LogP contribution in [0.2, 0.25) is 0 Å². The number of alkyl carbamates (subject to hydrolysis) is 1. The van der Waals surface area contributed by atoms with Crippen LogP contribution in [0, 0.1) is 0 Å². The highest BCUT2D eigenvalue weighted by Gasteiger charge is 2.22. The largest absolute Gasteiger partial charge is 0.489 e. The minimum atomic E-state index is -0.700. The monoisotopic (exact) mass is 355 g/mol. The predicted molar refractivity (Wildman–Crippen MR) is 100 cm³/mol. The van der Waals surface area contributed by atoms with Crippen molar-refractivity contribution < 1.29 is 19.1 Å². The first-order valence-corrected chi connectivity index (χ1v) is 8.55. The molecule has 0 heterocycles. The number of nitrogens with one attached hydrogen (secondary N) is 1. The molecule has 2 aromatic rings. The molecule has 0 aliphatic heterocycles. The Bertz CT molecular complexity index is 750. The molecule has 5 nitrogen and oxygen atoms in total. The number of carbonyl (C=O) groups is 2. The first kappa shape index (κ1) is 19.5. The van der Waals surface area contributed by atoms with Crippen molar-refractivity contribution in [1.82, 2.24) is 5.32 Å². The van der Waals surface area contributed by atoms with Gasteiger partial charge in [-0.05, 0) is 45.4 Å². The second-order valence-corrected chi connectivity index (χ2v) is 7.03. The standard InChI is InChI=1S/C21H25NO4/c1-15(22-20(24)26-21(2,3)4)19(23)17-11-8-12-18(13-17)25-14-16-9-6-5-7-10-16/h5-13,15H,14H2,1-4H3,(H,22,24)/t15-/m1/s1. The summed E-state index contributed by atoms with van der Waals surface area (Å²) in [5, 5.41) is 2.56. The second kappa shape index (κ2) is 8.52. The SMILES string of the molecule is C[C@@H](NC(=O)OC(C)(C)C)C(=O)c1cccc(OCc2ccccc2)c1. The molecule has 0 unspecified atom stereocenters. The first-order valence-electron chi connectivity index (χ1n) is 8.55. The van der Waals surface area contributed by atoms with Crippen LogP contribution in [-0.2, 0) is 11.3 Å². The van der Waals surface area contributed by atoms with Crippen molar-refractivity contribution in [3.63, 3.8) is 0 Å². The molecule has 0 bridgehead atoms. The van der Waals surface area contributed by atoms with Gasteiger partial charge in [-0.3, -0.25) is 4.79 Å². The minimum Gasteiger partial charge on any atom is -0.489 e. The maximum atomic E-state index is 12.5. The fourth-order valence-corrected chi connectivity index (χ4v) is 2.28. The van der Waals surface area contributed by atoms with E-state index >= 15 is 0 Å². The van der Waals surface area contributed by atoms with Crippen LogP contribution >= 0.6 is 0 Å². The molecule has 26 heavy (non-hydrogen) atoms. The number of benzene rings is 2. The highest BCUT2D eigenvalue weighted by molar-refractivity contribution is 6.01. The van der Waals surface area contributed by atoms with E-state index in [-0.39, 0.29) is 5.78 Å². The Kier molecular flexibility index (Phi) is 6.39. The van der Waals surface area contributed by atoms with E-state index in [4.69, 9.17) is 9.47 Å². The highest BCUT2D eigenvalue weighted by Crippen LogP contribution is 2.17. The van der Waals surface area contributed by atoms with Crippen molar-refractivity contribution in [2.45, 2.75) is 45.9 Å². The number of carbonyl (C=O) groups excluding carboxylic acids is 2. The van der Waals surface area contributed by atoms with E-state index in [1.54, 1.807) is 52.0 Å². The summed E-state index contributed by atoms with van der Waals surface area (Å²) >= 11 is 0. The molecule has 0 aliphatic rings. The van der Waals surface area contributed by atoms with E-state index in [9.17, 15) is 9.59 Å². The van der Waals surface area contributed by atoms with Gasteiger partial charge < -0.3 is 14.8 Å². The van der Waals surface area contributed by atoms with Crippen LogP contribution in [0.3, 0.4) is 0 Å². The van der Waals surface area contributed by atoms with E-state index in [1.165, 1.54) is 0 Å². The van der Waals surface area contributed by atoms with Crippen molar-refractivity contribution in [3.8, 4) is 5.75 Å². The molecular weight excluding hydrogens is 330 g/mol. The quantitative estimate of drug-likeness (QED) is 0.782.